The number of hydrogen-bond acceptors (Lipinski definition) is 4. The second-order valence-corrected chi connectivity index (χ2v) is 6.72. The highest BCUT2D eigenvalue weighted by Crippen LogP contribution is 2.37. The van der Waals surface area contributed by atoms with Crippen molar-refractivity contribution in [1.82, 2.24) is 0 Å². The monoisotopic (exact) mass is 289 g/mol. The van der Waals surface area contributed by atoms with Crippen molar-refractivity contribution in [2.45, 2.75) is 31.9 Å². The molecule has 3 nitrogen and oxygen atoms in total. The Morgan fingerprint density at radius 2 is 2.15 bits per heavy atom. The van der Waals surface area contributed by atoms with Crippen molar-refractivity contribution < 1.29 is 9.47 Å². The zero-order chi connectivity index (χ0) is 14.3. The highest BCUT2D eigenvalue weighted by atomic mass is 32.1. The molecule has 0 amide bonds. The van der Waals surface area contributed by atoms with Gasteiger partial charge in [0.1, 0.15) is 17.1 Å². The first kappa shape index (κ1) is 13.5. The van der Waals surface area contributed by atoms with Crippen molar-refractivity contribution in [2.24, 2.45) is 5.73 Å². The lowest BCUT2D eigenvalue weighted by Gasteiger charge is -2.16. The summed E-state index contributed by atoms with van der Waals surface area (Å²) < 4.78 is 11.1. The minimum atomic E-state index is -0.114. The maximum absolute atomic E-state index is 6.36. The number of ether oxygens (including phenoxy) is 2. The molecule has 2 heterocycles. The van der Waals surface area contributed by atoms with Crippen LogP contribution in [0.5, 0.6) is 11.5 Å². The first-order valence-electron chi connectivity index (χ1n) is 6.68. The SMILES string of the molecule is COc1csc(C(N)c2ccc3c(c2)CC(C)(C)O3)c1. The van der Waals surface area contributed by atoms with Gasteiger partial charge in [0.25, 0.3) is 0 Å². The van der Waals surface area contributed by atoms with E-state index in [1.54, 1.807) is 18.4 Å². The standard InChI is InChI=1S/C16H19NO2S/c1-16(2)8-11-6-10(4-5-13(11)19-16)15(17)14-7-12(18-3)9-20-14/h4-7,9,15H,8,17H2,1-3H3. The molecular formula is C16H19NO2S. The molecule has 0 aliphatic carbocycles. The van der Waals surface area contributed by atoms with Gasteiger partial charge in [-0.3, -0.25) is 0 Å². The first-order chi connectivity index (χ1) is 9.48. The summed E-state index contributed by atoms with van der Waals surface area (Å²) in [6.07, 6.45) is 0.927. The quantitative estimate of drug-likeness (QED) is 0.940. The molecule has 0 bridgehead atoms. The van der Waals surface area contributed by atoms with Crippen LogP contribution < -0.4 is 15.2 Å². The Hall–Kier alpha value is -1.52. The van der Waals surface area contributed by atoms with Crippen LogP contribution >= 0.6 is 11.3 Å². The molecule has 0 spiro atoms. The van der Waals surface area contributed by atoms with Gasteiger partial charge < -0.3 is 15.2 Å². The topological polar surface area (TPSA) is 44.5 Å². The third-order valence-corrected chi connectivity index (χ3v) is 4.58. The molecule has 1 aliphatic heterocycles. The number of rotatable bonds is 3. The van der Waals surface area contributed by atoms with Crippen molar-refractivity contribution in [3.05, 3.63) is 45.6 Å². The zero-order valence-electron chi connectivity index (χ0n) is 12.0. The smallest absolute Gasteiger partial charge is 0.129 e. The van der Waals surface area contributed by atoms with Crippen LogP contribution in [-0.2, 0) is 6.42 Å². The van der Waals surface area contributed by atoms with Crippen molar-refractivity contribution >= 4 is 11.3 Å². The summed E-state index contributed by atoms with van der Waals surface area (Å²) in [6.45, 7) is 4.22. The fraction of sp³-hybridized carbons (Fsp3) is 0.375. The van der Waals surface area contributed by atoms with Gasteiger partial charge in [-0.15, -0.1) is 11.3 Å². The molecule has 1 aliphatic rings. The third kappa shape index (κ3) is 2.41. The highest BCUT2D eigenvalue weighted by molar-refractivity contribution is 7.10. The molecule has 1 unspecified atom stereocenters. The van der Waals surface area contributed by atoms with E-state index in [4.69, 9.17) is 15.2 Å². The van der Waals surface area contributed by atoms with Gasteiger partial charge in [0.15, 0.2) is 0 Å². The molecule has 0 radical (unpaired) electrons. The van der Waals surface area contributed by atoms with Crippen LogP contribution in [0.2, 0.25) is 0 Å². The lowest BCUT2D eigenvalue weighted by Crippen LogP contribution is -2.24. The Morgan fingerprint density at radius 3 is 2.85 bits per heavy atom. The fourth-order valence-electron chi connectivity index (χ4n) is 2.59. The molecule has 4 heteroatoms. The van der Waals surface area contributed by atoms with Gasteiger partial charge in [0.2, 0.25) is 0 Å². The van der Waals surface area contributed by atoms with Crippen LogP contribution in [0.1, 0.15) is 35.9 Å². The number of nitrogens with two attached hydrogens (primary N) is 1. The number of benzene rings is 1. The van der Waals surface area contributed by atoms with E-state index in [1.165, 1.54) is 5.56 Å². The van der Waals surface area contributed by atoms with Crippen molar-refractivity contribution in [1.29, 1.82) is 0 Å². The Bertz CT molecular complexity index is 633. The average Bonchev–Trinajstić information content (AvgIpc) is 2.98. The van der Waals surface area contributed by atoms with E-state index < -0.39 is 0 Å². The van der Waals surface area contributed by atoms with Crippen LogP contribution in [0.4, 0.5) is 0 Å². The van der Waals surface area contributed by atoms with E-state index in [-0.39, 0.29) is 11.6 Å². The molecule has 1 aromatic heterocycles. The van der Waals surface area contributed by atoms with Crippen molar-refractivity contribution in [2.75, 3.05) is 7.11 Å². The molecule has 106 valence electrons. The van der Waals surface area contributed by atoms with Gasteiger partial charge in [-0.05, 0) is 37.1 Å². The second kappa shape index (κ2) is 4.79. The maximum atomic E-state index is 6.36. The Balaban J connectivity index is 1.88. The number of thiophene rings is 1. The van der Waals surface area contributed by atoms with Crippen LogP contribution in [0.25, 0.3) is 0 Å². The number of fused-ring (bicyclic) bond motifs is 1. The predicted octanol–water partition coefficient (Wildman–Crippen LogP) is 3.52. The first-order valence-corrected chi connectivity index (χ1v) is 7.56. The lowest BCUT2D eigenvalue weighted by atomic mass is 9.97. The third-order valence-electron chi connectivity index (χ3n) is 3.58. The van der Waals surface area contributed by atoms with Gasteiger partial charge in [-0.1, -0.05) is 12.1 Å². The molecule has 0 fully saturated rings. The normalized spacial score (nSPS) is 17.4. The number of hydrogen-bond donors (Lipinski definition) is 1. The summed E-state index contributed by atoms with van der Waals surface area (Å²) >= 11 is 1.63. The molecule has 3 rings (SSSR count). The van der Waals surface area contributed by atoms with E-state index in [1.807, 2.05) is 17.5 Å². The van der Waals surface area contributed by atoms with Gasteiger partial charge in [-0.2, -0.15) is 0 Å². The molecule has 20 heavy (non-hydrogen) atoms. The van der Waals surface area contributed by atoms with Gasteiger partial charge >= 0.3 is 0 Å². The van der Waals surface area contributed by atoms with Crippen LogP contribution in [0, 0.1) is 0 Å². The minimum Gasteiger partial charge on any atom is -0.496 e. The highest BCUT2D eigenvalue weighted by Gasteiger charge is 2.30. The summed E-state index contributed by atoms with van der Waals surface area (Å²) in [4.78, 5) is 1.11. The largest absolute Gasteiger partial charge is 0.496 e. The summed E-state index contributed by atoms with van der Waals surface area (Å²) in [5.41, 5.74) is 8.61. The molecule has 1 atom stereocenters. The summed E-state index contributed by atoms with van der Waals surface area (Å²) in [5, 5.41) is 1.98. The van der Waals surface area contributed by atoms with E-state index >= 15 is 0 Å². The maximum Gasteiger partial charge on any atom is 0.129 e. The van der Waals surface area contributed by atoms with Gasteiger partial charge in [-0.25, -0.2) is 0 Å². The van der Waals surface area contributed by atoms with Crippen molar-refractivity contribution in [3.63, 3.8) is 0 Å². The predicted molar refractivity (Wildman–Crippen MR) is 81.8 cm³/mol. The lowest BCUT2D eigenvalue weighted by molar-refractivity contribution is 0.138. The zero-order valence-corrected chi connectivity index (χ0v) is 12.8. The minimum absolute atomic E-state index is 0.113. The Kier molecular flexibility index (Phi) is 3.22. The Morgan fingerprint density at radius 1 is 1.35 bits per heavy atom. The van der Waals surface area contributed by atoms with Gasteiger partial charge in [0.05, 0.1) is 13.2 Å². The van der Waals surface area contributed by atoms with Crippen LogP contribution in [0.3, 0.4) is 0 Å². The summed E-state index contributed by atoms with van der Waals surface area (Å²) in [5.74, 6) is 1.85. The van der Waals surface area contributed by atoms with Crippen LogP contribution in [-0.4, -0.2) is 12.7 Å². The van der Waals surface area contributed by atoms with E-state index in [0.717, 1.165) is 28.4 Å². The summed E-state index contributed by atoms with van der Waals surface area (Å²) in [6, 6.07) is 8.14. The van der Waals surface area contributed by atoms with E-state index in [0.29, 0.717) is 0 Å². The number of methoxy groups -OCH3 is 1. The average molecular weight is 289 g/mol. The second-order valence-electron chi connectivity index (χ2n) is 5.77. The summed E-state index contributed by atoms with van der Waals surface area (Å²) in [7, 11) is 1.67. The van der Waals surface area contributed by atoms with Gasteiger partial charge in [0, 0.05) is 16.7 Å². The van der Waals surface area contributed by atoms with E-state index in [9.17, 15) is 0 Å². The molecule has 2 aromatic rings. The fourth-order valence-corrected chi connectivity index (χ4v) is 3.48. The molecular weight excluding hydrogens is 270 g/mol. The van der Waals surface area contributed by atoms with E-state index in [2.05, 4.69) is 26.0 Å². The Labute approximate surface area is 123 Å². The molecule has 1 aromatic carbocycles. The van der Waals surface area contributed by atoms with Crippen LogP contribution in [0.15, 0.2) is 29.6 Å². The molecule has 0 saturated carbocycles. The molecule has 2 N–H and O–H groups in total. The molecule has 0 saturated heterocycles. The van der Waals surface area contributed by atoms with Crippen molar-refractivity contribution in [3.8, 4) is 11.5 Å².